The highest BCUT2D eigenvalue weighted by Gasteiger charge is 2.11. The van der Waals surface area contributed by atoms with Crippen molar-refractivity contribution in [3.63, 3.8) is 0 Å². The molecule has 0 saturated heterocycles. The van der Waals surface area contributed by atoms with Crippen molar-refractivity contribution in [1.29, 1.82) is 0 Å². The van der Waals surface area contributed by atoms with Gasteiger partial charge in [-0.05, 0) is 61.4 Å². The molecule has 0 bridgehead atoms. The van der Waals surface area contributed by atoms with E-state index in [-0.39, 0.29) is 11.7 Å². The van der Waals surface area contributed by atoms with Crippen LogP contribution in [0.15, 0.2) is 76.8 Å². The molecule has 154 valence electrons. The highest BCUT2D eigenvalue weighted by molar-refractivity contribution is 6.30. The fourth-order valence-electron chi connectivity index (χ4n) is 2.79. The van der Waals surface area contributed by atoms with Gasteiger partial charge in [-0.2, -0.15) is 5.10 Å². The van der Waals surface area contributed by atoms with E-state index in [1.165, 1.54) is 16.8 Å². The normalized spacial score (nSPS) is 11.1. The first-order valence-corrected chi connectivity index (χ1v) is 9.84. The molecule has 2 aromatic carbocycles. The lowest BCUT2D eigenvalue weighted by Crippen LogP contribution is -2.30. The van der Waals surface area contributed by atoms with Crippen LogP contribution < -0.4 is 15.7 Å². The molecule has 1 N–H and O–H groups in total. The highest BCUT2D eigenvalue weighted by Crippen LogP contribution is 2.13. The van der Waals surface area contributed by atoms with Gasteiger partial charge in [0.1, 0.15) is 11.3 Å². The summed E-state index contributed by atoms with van der Waals surface area (Å²) < 4.78 is 7.10. The third kappa shape index (κ3) is 5.81. The van der Waals surface area contributed by atoms with Crippen LogP contribution in [0.3, 0.4) is 0 Å². The van der Waals surface area contributed by atoms with Gasteiger partial charge in [0.05, 0.1) is 18.9 Å². The molecule has 0 radical (unpaired) electrons. The molecule has 3 aromatic rings. The Morgan fingerprint density at radius 3 is 2.67 bits per heavy atom. The minimum atomic E-state index is -0.573. The van der Waals surface area contributed by atoms with Crippen LogP contribution in [0.2, 0.25) is 5.02 Å². The quantitative estimate of drug-likeness (QED) is 0.459. The topological polar surface area (TPSA) is 72.7 Å². The molecule has 3 rings (SSSR count). The molecule has 0 atom stereocenters. The number of hydrogen-bond donors (Lipinski definition) is 1. The van der Waals surface area contributed by atoms with E-state index in [0.29, 0.717) is 17.3 Å². The van der Waals surface area contributed by atoms with E-state index in [1.807, 2.05) is 50.2 Å². The number of carbonyl (C=O) groups excluding carboxylic acids is 1. The first-order valence-electron chi connectivity index (χ1n) is 9.46. The molecule has 7 heteroatoms. The zero-order valence-corrected chi connectivity index (χ0v) is 17.5. The lowest BCUT2D eigenvalue weighted by Gasteiger charge is -2.09. The van der Waals surface area contributed by atoms with Crippen LogP contribution in [0.25, 0.3) is 0 Å². The molecule has 0 aliphatic rings. The Hall–Kier alpha value is -3.38. The molecule has 0 fully saturated rings. The lowest BCUT2D eigenvalue weighted by atomic mass is 10.2. The van der Waals surface area contributed by atoms with Crippen LogP contribution in [-0.2, 0) is 6.54 Å². The van der Waals surface area contributed by atoms with Crippen LogP contribution in [0.5, 0.6) is 5.75 Å². The van der Waals surface area contributed by atoms with Gasteiger partial charge in [-0.3, -0.25) is 9.59 Å². The number of hydrogen-bond acceptors (Lipinski definition) is 4. The molecular formula is C23H22ClN3O3. The van der Waals surface area contributed by atoms with Gasteiger partial charge in [-0.25, -0.2) is 5.43 Å². The molecule has 0 unspecified atom stereocenters. The molecule has 1 heterocycles. The van der Waals surface area contributed by atoms with E-state index in [2.05, 4.69) is 10.5 Å². The number of nitrogens with one attached hydrogen (secondary N) is 1. The minimum Gasteiger partial charge on any atom is -0.491 e. The minimum absolute atomic E-state index is 0.0144. The van der Waals surface area contributed by atoms with Crippen molar-refractivity contribution < 1.29 is 9.53 Å². The predicted molar refractivity (Wildman–Crippen MR) is 119 cm³/mol. The number of ether oxygens (including phenoxy) is 1. The van der Waals surface area contributed by atoms with E-state index in [0.717, 1.165) is 11.1 Å². The van der Waals surface area contributed by atoms with E-state index in [4.69, 9.17) is 16.3 Å². The smallest absolute Gasteiger partial charge is 0.276 e. The monoisotopic (exact) mass is 423 g/mol. The van der Waals surface area contributed by atoms with Crippen molar-refractivity contribution in [2.75, 3.05) is 0 Å². The maximum atomic E-state index is 12.7. The number of pyridine rings is 1. The average molecular weight is 424 g/mol. The zero-order valence-electron chi connectivity index (χ0n) is 16.7. The Bertz CT molecular complexity index is 1110. The molecule has 6 nitrogen and oxygen atoms in total. The Morgan fingerprint density at radius 2 is 1.93 bits per heavy atom. The van der Waals surface area contributed by atoms with Crippen molar-refractivity contribution >= 4 is 23.7 Å². The van der Waals surface area contributed by atoms with Gasteiger partial charge in [-0.15, -0.1) is 0 Å². The van der Waals surface area contributed by atoms with Gasteiger partial charge < -0.3 is 9.30 Å². The number of benzene rings is 2. The van der Waals surface area contributed by atoms with Crippen molar-refractivity contribution in [3.8, 4) is 5.75 Å². The molecule has 30 heavy (non-hydrogen) atoms. The second-order valence-electron chi connectivity index (χ2n) is 6.92. The Labute approximate surface area is 179 Å². The number of aromatic nitrogens is 1. The lowest BCUT2D eigenvalue weighted by molar-refractivity contribution is 0.0953. The van der Waals surface area contributed by atoms with Crippen LogP contribution in [-0.4, -0.2) is 22.8 Å². The van der Waals surface area contributed by atoms with Crippen molar-refractivity contribution in [2.24, 2.45) is 5.10 Å². The maximum Gasteiger partial charge on any atom is 0.276 e. The van der Waals surface area contributed by atoms with Crippen LogP contribution in [0.1, 0.15) is 35.3 Å². The summed E-state index contributed by atoms with van der Waals surface area (Å²) in [6.07, 6.45) is 3.20. The standard InChI is InChI=1S/C23H22ClN3O3/c1-16(2)30-20-6-3-5-18(13-20)14-25-26-22(28)21-7-4-12-27(23(21)29)15-17-8-10-19(24)11-9-17/h3-14,16H,15H2,1-2H3,(H,26,28)/b25-14-. The highest BCUT2D eigenvalue weighted by atomic mass is 35.5. The molecule has 0 saturated carbocycles. The number of amides is 1. The van der Waals surface area contributed by atoms with Crippen molar-refractivity contribution in [1.82, 2.24) is 9.99 Å². The fourth-order valence-corrected chi connectivity index (χ4v) is 2.91. The molecule has 0 aliphatic carbocycles. The van der Waals surface area contributed by atoms with Crippen LogP contribution in [0.4, 0.5) is 0 Å². The fraction of sp³-hybridized carbons (Fsp3) is 0.174. The summed E-state index contributed by atoms with van der Waals surface area (Å²) in [5, 5.41) is 4.58. The van der Waals surface area contributed by atoms with Gasteiger partial charge in [-0.1, -0.05) is 35.9 Å². The maximum absolute atomic E-state index is 12.7. The second-order valence-corrected chi connectivity index (χ2v) is 7.36. The van der Waals surface area contributed by atoms with Gasteiger partial charge in [0.2, 0.25) is 0 Å². The summed E-state index contributed by atoms with van der Waals surface area (Å²) in [5.74, 6) is 0.143. The van der Waals surface area contributed by atoms with E-state index in [9.17, 15) is 9.59 Å². The van der Waals surface area contributed by atoms with Crippen LogP contribution >= 0.6 is 11.6 Å². The number of nitrogens with zero attached hydrogens (tertiary/aromatic N) is 2. The first-order chi connectivity index (χ1) is 14.4. The average Bonchev–Trinajstić information content (AvgIpc) is 2.71. The van der Waals surface area contributed by atoms with Gasteiger partial charge in [0, 0.05) is 11.2 Å². The van der Waals surface area contributed by atoms with Gasteiger partial charge in [0.15, 0.2) is 0 Å². The van der Waals surface area contributed by atoms with Crippen LogP contribution in [0, 0.1) is 0 Å². The third-order valence-electron chi connectivity index (χ3n) is 4.14. The zero-order chi connectivity index (χ0) is 21.5. The Kier molecular flexibility index (Phi) is 7.03. The molecular weight excluding hydrogens is 402 g/mol. The SMILES string of the molecule is CC(C)Oc1cccc(/C=N\NC(=O)c2cccn(Cc3ccc(Cl)cc3)c2=O)c1. The number of rotatable bonds is 7. The van der Waals surface area contributed by atoms with E-state index >= 15 is 0 Å². The summed E-state index contributed by atoms with van der Waals surface area (Å²) in [6, 6.07) is 17.7. The largest absolute Gasteiger partial charge is 0.491 e. The summed E-state index contributed by atoms with van der Waals surface area (Å²) in [6.45, 7) is 4.23. The first kappa shape index (κ1) is 21.3. The summed E-state index contributed by atoms with van der Waals surface area (Å²) >= 11 is 5.89. The van der Waals surface area contributed by atoms with Crippen molar-refractivity contribution in [3.05, 3.63) is 98.9 Å². The number of hydrazone groups is 1. The van der Waals surface area contributed by atoms with Gasteiger partial charge in [0.25, 0.3) is 11.5 Å². The molecule has 0 aliphatic heterocycles. The molecule has 1 aromatic heterocycles. The second kappa shape index (κ2) is 9.89. The Morgan fingerprint density at radius 1 is 1.17 bits per heavy atom. The van der Waals surface area contributed by atoms with Crippen molar-refractivity contribution in [2.45, 2.75) is 26.5 Å². The summed E-state index contributed by atoms with van der Waals surface area (Å²) in [7, 11) is 0. The van der Waals surface area contributed by atoms with E-state index in [1.54, 1.807) is 24.4 Å². The van der Waals surface area contributed by atoms with E-state index < -0.39 is 11.5 Å². The third-order valence-corrected chi connectivity index (χ3v) is 4.39. The van der Waals surface area contributed by atoms with Gasteiger partial charge >= 0.3 is 0 Å². The summed E-state index contributed by atoms with van der Waals surface area (Å²) in [5.41, 5.74) is 3.69. The molecule has 0 spiro atoms. The number of carbonyl (C=O) groups is 1. The number of halogens is 1. The predicted octanol–water partition coefficient (Wildman–Crippen LogP) is 4.10. The summed E-state index contributed by atoms with van der Waals surface area (Å²) in [4.78, 5) is 25.1. The molecule has 1 amide bonds. The Balaban J connectivity index is 1.69.